The molecule has 0 radical (unpaired) electrons. The Morgan fingerprint density at radius 1 is 0.919 bits per heavy atom. The van der Waals surface area contributed by atoms with Crippen molar-refractivity contribution >= 4 is 24.2 Å². The monoisotopic (exact) mass is 540 g/mol. The number of hydrogen-bond donors (Lipinski definition) is 3. The highest BCUT2D eigenvalue weighted by atomic mass is 19.4. The van der Waals surface area contributed by atoms with E-state index in [0.29, 0.717) is 24.4 Å². The van der Waals surface area contributed by atoms with E-state index in [1.54, 1.807) is 0 Å². The Bertz CT molecular complexity index is 1190. The van der Waals surface area contributed by atoms with Gasteiger partial charge in [0.15, 0.2) is 6.04 Å². The van der Waals surface area contributed by atoms with Crippen LogP contribution < -0.4 is 16.1 Å². The number of carbonyl (C=O) groups excluding carboxylic acids is 2. The molecule has 0 aliphatic carbocycles. The number of carbonyl (C=O) groups is 2. The number of hydrogen-bond acceptors (Lipinski definition) is 3. The molecule has 2 aromatic carbocycles. The van der Waals surface area contributed by atoms with Gasteiger partial charge in [0, 0.05) is 18.7 Å². The van der Waals surface area contributed by atoms with Crippen LogP contribution in [0.3, 0.4) is 0 Å². The lowest BCUT2D eigenvalue weighted by atomic mass is 10.0. The van der Waals surface area contributed by atoms with E-state index in [0.717, 1.165) is 30.3 Å². The van der Waals surface area contributed by atoms with Gasteiger partial charge in [-0.1, -0.05) is 24.3 Å². The lowest BCUT2D eigenvalue weighted by Crippen LogP contribution is -2.37. The SMILES string of the molecule is CNC(=O)NN=Cc1ccc(C=CC(=O)NC(c2cccc(C(F)(F)F)c2)C(F)(F)F)cc1C(F)(F)F. The third kappa shape index (κ3) is 8.54. The number of halogens is 9. The molecule has 2 aromatic rings. The topological polar surface area (TPSA) is 82.6 Å². The molecule has 6 nitrogen and oxygen atoms in total. The molecule has 0 heterocycles. The van der Waals surface area contributed by atoms with Gasteiger partial charge in [-0.15, -0.1) is 0 Å². The van der Waals surface area contributed by atoms with Gasteiger partial charge in [0.25, 0.3) is 0 Å². The van der Waals surface area contributed by atoms with Crippen LogP contribution in [-0.2, 0) is 17.1 Å². The fourth-order valence-corrected chi connectivity index (χ4v) is 2.86. The van der Waals surface area contributed by atoms with Gasteiger partial charge in [0.2, 0.25) is 5.91 Å². The maximum absolute atomic E-state index is 13.5. The number of rotatable bonds is 6. The maximum Gasteiger partial charge on any atom is 0.417 e. The Hall–Kier alpha value is -4.04. The highest BCUT2D eigenvalue weighted by Crippen LogP contribution is 2.36. The quantitative estimate of drug-likeness (QED) is 0.198. The minimum absolute atomic E-state index is 0.233. The summed E-state index contributed by atoms with van der Waals surface area (Å²) in [5.74, 6) is -1.42. The molecule has 0 spiro atoms. The smallest absolute Gasteiger partial charge is 0.340 e. The van der Waals surface area contributed by atoms with Crippen LogP contribution in [0.2, 0.25) is 0 Å². The summed E-state index contributed by atoms with van der Waals surface area (Å²) in [7, 11) is 1.25. The molecule has 0 bridgehead atoms. The molecule has 0 saturated heterocycles. The second-order valence-electron chi connectivity index (χ2n) is 7.23. The van der Waals surface area contributed by atoms with Crippen molar-refractivity contribution < 1.29 is 49.1 Å². The number of alkyl halides is 9. The van der Waals surface area contributed by atoms with Gasteiger partial charge in [0.1, 0.15) is 0 Å². The van der Waals surface area contributed by atoms with Crippen molar-refractivity contribution in [1.29, 1.82) is 0 Å². The van der Waals surface area contributed by atoms with Gasteiger partial charge in [-0.05, 0) is 35.4 Å². The first kappa shape index (κ1) is 29.2. The average molecular weight is 540 g/mol. The van der Waals surface area contributed by atoms with E-state index >= 15 is 0 Å². The summed E-state index contributed by atoms with van der Waals surface area (Å²) in [6.45, 7) is 0. The van der Waals surface area contributed by atoms with E-state index in [1.807, 2.05) is 5.43 Å². The maximum atomic E-state index is 13.5. The van der Waals surface area contributed by atoms with Gasteiger partial charge in [-0.3, -0.25) is 4.79 Å². The van der Waals surface area contributed by atoms with E-state index in [2.05, 4.69) is 10.4 Å². The molecule has 3 N–H and O–H groups in total. The number of nitrogens with one attached hydrogen (secondary N) is 3. The van der Waals surface area contributed by atoms with Crippen LogP contribution in [0.1, 0.15) is 33.9 Å². The highest BCUT2D eigenvalue weighted by Gasteiger charge is 2.42. The number of hydrazone groups is 1. The predicted octanol–water partition coefficient (Wildman–Crippen LogP) is 5.42. The van der Waals surface area contributed by atoms with E-state index in [-0.39, 0.29) is 11.6 Å². The summed E-state index contributed by atoms with van der Waals surface area (Å²) in [4.78, 5) is 23.2. The molecule has 2 rings (SSSR count). The third-order valence-corrected chi connectivity index (χ3v) is 4.57. The first-order valence-electron chi connectivity index (χ1n) is 9.97. The summed E-state index contributed by atoms with van der Waals surface area (Å²) < 4.78 is 119. The normalized spacial score (nSPS) is 13.6. The molecular weight excluding hydrogens is 523 g/mol. The Morgan fingerprint density at radius 3 is 2.16 bits per heavy atom. The van der Waals surface area contributed by atoms with Crippen molar-refractivity contribution in [2.45, 2.75) is 24.6 Å². The molecule has 200 valence electrons. The number of urea groups is 1. The molecule has 0 aliphatic rings. The molecule has 0 aromatic heterocycles. The van der Waals surface area contributed by atoms with Crippen LogP contribution in [0.15, 0.2) is 53.6 Å². The molecule has 1 atom stereocenters. The summed E-state index contributed by atoms with van der Waals surface area (Å²) in [6, 6.07) is 1.28. The molecule has 0 fully saturated rings. The summed E-state index contributed by atoms with van der Waals surface area (Å²) >= 11 is 0. The second-order valence-corrected chi connectivity index (χ2v) is 7.23. The Balaban J connectivity index is 2.28. The van der Waals surface area contributed by atoms with Gasteiger partial charge in [0.05, 0.1) is 17.3 Å². The van der Waals surface area contributed by atoms with E-state index in [9.17, 15) is 49.1 Å². The summed E-state index contributed by atoms with van der Waals surface area (Å²) in [6.07, 6.45) is -13.0. The zero-order valence-corrected chi connectivity index (χ0v) is 18.5. The van der Waals surface area contributed by atoms with Gasteiger partial charge in [-0.2, -0.15) is 44.6 Å². The van der Waals surface area contributed by atoms with Crippen LogP contribution in [0.5, 0.6) is 0 Å². The zero-order chi connectivity index (χ0) is 28.0. The highest BCUT2D eigenvalue weighted by molar-refractivity contribution is 5.92. The first-order valence-corrected chi connectivity index (χ1v) is 9.97. The molecule has 15 heteroatoms. The van der Waals surface area contributed by atoms with Crippen molar-refractivity contribution in [3.05, 3.63) is 76.4 Å². The van der Waals surface area contributed by atoms with Crippen molar-refractivity contribution in [2.75, 3.05) is 7.05 Å². The predicted molar refractivity (Wildman–Crippen MR) is 114 cm³/mol. The number of amides is 3. The molecule has 0 aliphatic heterocycles. The Kier molecular flexibility index (Phi) is 8.95. The average Bonchev–Trinajstić information content (AvgIpc) is 2.79. The first-order chi connectivity index (χ1) is 17.0. The molecular formula is C22H17F9N4O2. The summed E-state index contributed by atoms with van der Waals surface area (Å²) in [5, 5.41) is 6.99. The van der Waals surface area contributed by atoms with Crippen molar-refractivity contribution in [3.63, 3.8) is 0 Å². The van der Waals surface area contributed by atoms with Crippen LogP contribution in [-0.4, -0.2) is 31.4 Å². The third-order valence-electron chi connectivity index (χ3n) is 4.57. The molecule has 0 saturated carbocycles. The van der Waals surface area contributed by atoms with Crippen molar-refractivity contribution in [3.8, 4) is 0 Å². The largest absolute Gasteiger partial charge is 0.417 e. The van der Waals surface area contributed by atoms with E-state index < -0.39 is 58.8 Å². The van der Waals surface area contributed by atoms with Crippen molar-refractivity contribution in [1.82, 2.24) is 16.1 Å². The lowest BCUT2D eigenvalue weighted by molar-refractivity contribution is -0.162. The van der Waals surface area contributed by atoms with Crippen LogP contribution in [0.4, 0.5) is 44.3 Å². The molecule has 1 unspecified atom stereocenters. The van der Waals surface area contributed by atoms with Crippen LogP contribution in [0, 0.1) is 0 Å². The molecule has 37 heavy (non-hydrogen) atoms. The van der Waals surface area contributed by atoms with Gasteiger partial charge < -0.3 is 10.6 Å². The van der Waals surface area contributed by atoms with Crippen molar-refractivity contribution in [2.24, 2.45) is 5.10 Å². The van der Waals surface area contributed by atoms with Crippen LogP contribution >= 0.6 is 0 Å². The van der Waals surface area contributed by atoms with Gasteiger partial charge >= 0.3 is 24.6 Å². The molecule has 3 amide bonds. The van der Waals surface area contributed by atoms with Gasteiger partial charge in [-0.25, -0.2) is 10.2 Å². The number of nitrogens with zero attached hydrogens (tertiary/aromatic N) is 1. The zero-order valence-electron chi connectivity index (χ0n) is 18.5. The fourth-order valence-electron chi connectivity index (χ4n) is 2.86. The minimum Gasteiger partial charge on any atom is -0.340 e. The summed E-state index contributed by atoms with van der Waals surface area (Å²) in [5.41, 5.74) is -2.28. The van der Waals surface area contributed by atoms with E-state index in [1.165, 1.54) is 12.4 Å². The van der Waals surface area contributed by atoms with E-state index in [4.69, 9.17) is 0 Å². The lowest BCUT2D eigenvalue weighted by Gasteiger charge is -2.22. The standard InChI is InChI=1S/C22H17F9N4O2/c1-32-19(37)35-33-11-14-7-5-12(9-16(14)21(26,27)28)6-8-17(36)34-18(22(29,30)31)13-3-2-4-15(10-13)20(23,24)25/h2-11,18H,1H3,(H,34,36)(H2,32,35,37). The second kappa shape index (κ2) is 11.3. The Morgan fingerprint density at radius 2 is 1.59 bits per heavy atom. The fraction of sp³-hybridized carbons (Fsp3) is 0.227. The Labute approximate surface area is 203 Å². The minimum atomic E-state index is -5.18. The number of benzene rings is 2. The van der Waals surface area contributed by atoms with Crippen LogP contribution in [0.25, 0.3) is 6.08 Å².